The quantitative estimate of drug-likeness (QED) is 0.458. The first-order valence-electron chi connectivity index (χ1n) is 5.09. The number of esters is 1. The Labute approximate surface area is 147 Å². The smallest absolute Gasteiger partial charge is 0.857 e. The second kappa shape index (κ2) is 6.58. The van der Waals surface area contributed by atoms with Gasteiger partial charge in [-0.2, -0.15) is 0 Å². The number of aromatic nitrogens is 1. The average molecular weight is 273 g/mol. The van der Waals surface area contributed by atoms with E-state index in [0.29, 0.717) is 16.5 Å². The Kier molecular flexibility index (Phi) is 5.67. The summed E-state index contributed by atoms with van der Waals surface area (Å²) in [6.07, 6.45) is 0.00704. The van der Waals surface area contributed by atoms with E-state index in [0.717, 1.165) is 4.73 Å². The Morgan fingerprint density at radius 2 is 1.89 bits per heavy atom. The van der Waals surface area contributed by atoms with Gasteiger partial charge in [-0.05, 0) is 5.39 Å². The summed E-state index contributed by atoms with van der Waals surface area (Å²) in [5.41, 5.74) is 0.514. The molecule has 0 aliphatic heterocycles. The maximum atomic E-state index is 11.9. The molecule has 90 valence electrons. The van der Waals surface area contributed by atoms with E-state index in [1.54, 1.807) is 18.2 Å². The van der Waals surface area contributed by atoms with Gasteiger partial charge >= 0.3 is 57.4 Å². The number of fused-ring (bicyclic) bond motifs is 1. The van der Waals surface area contributed by atoms with Crippen LogP contribution in [0.15, 0.2) is 24.3 Å². The van der Waals surface area contributed by atoms with Crippen LogP contribution in [0.3, 0.4) is 0 Å². The molecule has 0 aliphatic carbocycles. The normalized spacial score (nSPS) is 9.89. The first-order valence-corrected chi connectivity index (χ1v) is 5.09. The van der Waals surface area contributed by atoms with E-state index < -0.39 is 5.97 Å². The molecule has 18 heavy (non-hydrogen) atoms. The summed E-state index contributed by atoms with van der Waals surface area (Å²) in [5.74, 6) is -0.673. The van der Waals surface area contributed by atoms with Gasteiger partial charge in [0.15, 0.2) is 0 Å². The van der Waals surface area contributed by atoms with E-state index in [1.165, 1.54) is 14.2 Å². The van der Waals surface area contributed by atoms with Crippen molar-refractivity contribution < 1.29 is 70.9 Å². The molecule has 6 heteroatoms. The maximum Gasteiger partial charge on any atom is 1.00 e. The molecule has 0 spiro atoms. The molecule has 0 saturated heterocycles. The third-order valence-corrected chi connectivity index (χ3v) is 2.62. The molecule has 1 heterocycles. The Balaban J connectivity index is 0.00000162. The number of nitrogens with zero attached hydrogens (tertiary/aromatic N) is 1. The van der Waals surface area contributed by atoms with Gasteiger partial charge in [-0.3, -0.25) is 4.79 Å². The standard InChI is InChI=1S/C12H13NO4.K/c1-16-11(14)7-10-8-5-3-4-6-9(8)12(15)13(10)17-2;/h3-6,15H,7H2,1-2H3;/q;+1/p-1. The third kappa shape index (κ3) is 2.72. The van der Waals surface area contributed by atoms with E-state index in [9.17, 15) is 9.90 Å². The molecular weight excluding hydrogens is 261 g/mol. The number of carbonyl (C=O) groups is 1. The molecule has 0 unspecified atom stereocenters. The van der Waals surface area contributed by atoms with Gasteiger partial charge in [-0.15, -0.1) is 0 Å². The van der Waals surface area contributed by atoms with E-state index in [-0.39, 0.29) is 63.7 Å². The molecule has 5 nitrogen and oxygen atoms in total. The largest absolute Gasteiger partial charge is 1.00 e. The van der Waals surface area contributed by atoms with Gasteiger partial charge < -0.3 is 14.7 Å². The van der Waals surface area contributed by atoms with Crippen molar-refractivity contribution in [2.24, 2.45) is 0 Å². The van der Waals surface area contributed by atoms with Gasteiger partial charge in [0.1, 0.15) is 7.11 Å². The fourth-order valence-corrected chi connectivity index (χ4v) is 1.83. The molecule has 0 aliphatic rings. The first kappa shape index (κ1) is 15.5. The second-order valence-electron chi connectivity index (χ2n) is 3.53. The van der Waals surface area contributed by atoms with Crippen LogP contribution in [-0.2, 0) is 16.0 Å². The van der Waals surface area contributed by atoms with Crippen molar-refractivity contribution in [1.29, 1.82) is 0 Å². The molecule has 0 saturated carbocycles. The summed E-state index contributed by atoms with van der Waals surface area (Å²) in [6, 6.07) is 7.06. The summed E-state index contributed by atoms with van der Waals surface area (Å²) in [6.45, 7) is 0. The van der Waals surface area contributed by atoms with Gasteiger partial charge in [0.25, 0.3) is 0 Å². The average Bonchev–Trinajstić information content (AvgIpc) is 2.63. The van der Waals surface area contributed by atoms with E-state index in [1.807, 2.05) is 6.07 Å². The first-order chi connectivity index (χ1) is 8.19. The topological polar surface area (TPSA) is 63.5 Å². The van der Waals surface area contributed by atoms with Crippen molar-refractivity contribution in [2.75, 3.05) is 14.2 Å². The predicted octanol–water partition coefficient (Wildman–Crippen LogP) is -2.51. The minimum Gasteiger partial charge on any atom is -0.857 e. The number of rotatable bonds is 3. The Morgan fingerprint density at radius 1 is 1.28 bits per heavy atom. The second-order valence-corrected chi connectivity index (χ2v) is 3.53. The monoisotopic (exact) mass is 273 g/mol. The van der Waals surface area contributed by atoms with Gasteiger partial charge in [-0.1, -0.05) is 24.3 Å². The third-order valence-electron chi connectivity index (χ3n) is 2.62. The number of methoxy groups -OCH3 is 1. The number of hydrogen-bond acceptors (Lipinski definition) is 4. The van der Waals surface area contributed by atoms with Crippen LogP contribution < -0.4 is 61.3 Å². The van der Waals surface area contributed by atoms with Crippen LogP contribution in [0.25, 0.3) is 10.8 Å². The number of hydrogen-bond donors (Lipinski definition) is 0. The van der Waals surface area contributed by atoms with Crippen LogP contribution in [0.5, 0.6) is 5.88 Å². The zero-order chi connectivity index (χ0) is 12.4. The molecule has 0 amide bonds. The fourth-order valence-electron chi connectivity index (χ4n) is 1.83. The van der Waals surface area contributed by atoms with Crippen molar-refractivity contribution in [2.45, 2.75) is 6.42 Å². The fraction of sp³-hybridized carbons (Fsp3) is 0.250. The number of carbonyl (C=O) groups excluding carboxylic acids is 1. The Hall–Kier alpha value is -0.534. The summed E-state index contributed by atoms with van der Waals surface area (Å²) in [7, 11) is 2.70. The zero-order valence-corrected chi connectivity index (χ0v) is 13.7. The predicted molar refractivity (Wildman–Crippen MR) is 59.6 cm³/mol. The van der Waals surface area contributed by atoms with Crippen molar-refractivity contribution in [1.82, 2.24) is 4.73 Å². The Bertz CT molecular complexity index is 564. The van der Waals surface area contributed by atoms with Crippen LogP contribution in [0.1, 0.15) is 5.69 Å². The molecule has 2 rings (SSSR count). The summed E-state index contributed by atoms with van der Waals surface area (Å²) >= 11 is 0. The maximum absolute atomic E-state index is 11.9. The van der Waals surface area contributed by atoms with Crippen LogP contribution in [-0.4, -0.2) is 24.9 Å². The van der Waals surface area contributed by atoms with Crippen LogP contribution in [0.2, 0.25) is 0 Å². The van der Waals surface area contributed by atoms with Crippen LogP contribution in [0.4, 0.5) is 0 Å². The van der Waals surface area contributed by atoms with Crippen molar-refractivity contribution in [3.8, 4) is 5.88 Å². The molecule has 0 radical (unpaired) electrons. The molecule has 2 aromatic rings. The van der Waals surface area contributed by atoms with Crippen molar-refractivity contribution >= 4 is 16.7 Å². The molecule has 0 N–H and O–H groups in total. The van der Waals surface area contributed by atoms with Gasteiger partial charge in [0.05, 0.1) is 19.2 Å². The summed E-state index contributed by atoms with van der Waals surface area (Å²) < 4.78 is 5.73. The summed E-state index contributed by atoms with van der Waals surface area (Å²) in [4.78, 5) is 16.3. The van der Waals surface area contributed by atoms with Crippen LogP contribution >= 0.6 is 0 Å². The van der Waals surface area contributed by atoms with Gasteiger partial charge in [0.2, 0.25) is 0 Å². The zero-order valence-electron chi connectivity index (χ0n) is 10.6. The van der Waals surface area contributed by atoms with Gasteiger partial charge in [-0.25, -0.2) is 4.73 Å². The van der Waals surface area contributed by atoms with E-state index in [4.69, 9.17) is 4.84 Å². The molecule has 1 aromatic carbocycles. The Morgan fingerprint density at radius 3 is 2.44 bits per heavy atom. The minimum atomic E-state index is -0.411. The molecule has 0 atom stereocenters. The van der Waals surface area contributed by atoms with Crippen molar-refractivity contribution in [3.05, 3.63) is 30.0 Å². The van der Waals surface area contributed by atoms with Crippen molar-refractivity contribution in [3.63, 3.8) is 0 Å². The van der Waals surface area contributed by atoms with Crippen LogP contribution in [0, 0.1) is 0 Å². The molecule has 0 bridgehead atoms. The van der Waals surface area contributed by atoms with Gasteiger partial charge in [0, 0.05) is 11.3 Å². The van der Waals surface area contributed by atoms with E-state index in [2.05, 4.69) is 4.74 Å². The minimum absolute atomic E-state index is 0. The van der Waals surface area contributed by atoms with E-state index >= 15 is 0 Å². The SMILES string of the molecule is COC(=O)Cc1c2ccccc2c([O-])n1OC.[K+]. The number of benzene rings is 1. The number of ether oxygens (including phenoxy) is 1. The molecule has 1 aromatic heterocycles. The summed E-state index contributed by atoms with van der Waals surface area (Å²) in [5, 5.41) is 13.2. The molecule has 0 fully saturated rings. The molecular formula is C12H12KNO4.